The van der Waals surface area contributed by atoms with E-state index in [0.29, 0.717) is 22.2 Å². The standard InChI is InChI=1S/C18H18ClNO5/c1-12-6-7-15(19)16(8-12)24-11-18(22)25-10-17(21)20-13-4-3-5-14(9-13)23-2/h3-9H,10-11H2,1-2H3,(H,20,21). The first kappa shape index (κ1) is 18.6. The van der Waals surface area contributed by atoms with Crippen LogP contribution in [0.5, 0.6) is 11.5 Å². The molecule has 2 aromatic rings. The topological polar surface area (TPSA) is 73.9 Å². The van der Waals surface area contributed by atoms with E-state index in [-0.39, 0.29) is 6.61 Å². The summed E-state index contributed by atoms with van der Waals surface area (Å²) in [5.41, 5.74) is 1.49. The fraction of sp³-hybridized carbons (Fsp3) is 0.222. The van der Waals surface area contributed by atoms with Crippen molar-refractivity contribution in [1.82, 2.24) is 0 Å². The van der Waals surface area contributed by atoms with Gasteiger partial charge in [-0.2, -0.15) is 0 Å². The number of hydrogen-bond acceptors (Lipinski definition) is 5. The van der Waals surface area contributed by atoms with E-state index in [1.165, 1.54) is 7.11 Å². The molecule has 25 heavy (non-hydrogen) atoms. The molecule has 0 aliphatic heterocycles. The molecule has 132 valence electrons. The van der Waals surface area contributed by atoms with Gasteiger partial charge in [0.1, 0.15) is 11.5 Å². The van der Waals surface area contributed by atoms with Crippen LogP contribution >= 0.6 is 11.6 Å². The minimum absolute atomic E-state index is 0.338. The highest BCUT2D eigenvalue weighted by molar-refractivity contribution is 6.32. The van der Waals surface area contributed by atoms with Gasteiger partial charge in [-0.3, -0.25) is 4.79 Å². The fourth-order valence-corrected chi connectivity index (χ4v) is 2.12. The Kier molecular flexibility index (Phi) is 6.65. The van der Waals surface area contributed by atoms with Crippen molar-refractivity contribution in [1.29, 1.82) is 0 Å². The van der Waals surface area contributed by atoms with Gasteiger partial charge in [-0.25, -0.2) is 4.79 Å². The molecule has 0 aliphatic rings. The van der Waals surface area contributed by atoms with Crippen LogP contribution in [0.1, 0.15) is 5.56 Å². The first-order chi connectivity index (χ1) is 12.0. The van der Waals surface area contributed by atoms with Crippen LogP contribution in [0, 0.1) is 6.92 Å². The number of esters is 1. The highest BCUT2D eigenvalue weighted by Gasteiger charge is 2.10. The predicted molar refractivity (Wildman–Crippen MR) is 94.3 cm³/mol. The number of nitrogens with one attached hydrogen (secondary N) is 1. The van der Waals surface area contributed by atoms with Gasteiger partial charge < -0.3 is 19.5 Å². The van der Waals surface area contributed by atoms with Gasteiger partial charge in [0.05, 0.1) is 12.1 Å². The van der Waals surface area contributed by atoms with Gasteiger partial charge in [0, 0.05) is 11.8 Å². The molecule has 0 bridgehead atoms. The second-order valence-corrected chi connectivity index (χ2v) is 5.57. The lowest BCUT2D eigenvalue weighted by Crippen LogP contribution is -2.23. The Bertz CT molecular complexity index is 763. The lowest BCUT2D eigenvalue weighted by Gasteiger charge is -2.10. The summed E-state index contributed by atoms with van der Waals surface area (Å²) in [6.45, 7) is 1.13. The summed E-state index contributed by atoms with van der Waals surface area (Å²) in [5, 5.41) is 3.00. The number of carbonyl (C=O) groups is 2. The average Bonchev–Trinajstić information content (AvgIpc) is 2.61. The molecular formula is C18H18ClNO5. The lowest BCUT2D eigenvalue weighted by molar-refractivity contribution is -0.149. The molecule has 0 saturated heterocycles. The van der Waals surface area contributed by atoms with Crippen LogP contribution in [0.15, 0.2) is 42.5 Å². The highest BCUT2D eigenvalue weighted by Crippen LogP contribution is 2.25. The van der Waals surface area contributed by atoms with Crippen molar-refractivity contribution < 1.29 is 23.8 Å². The van der Waals surface area contributed by atoms with E-state index in [0.717, 1.165) is 5.56 Å². The van der Waals surface area contributed by atoms with Crippen LogP contribution in [0.2, 0.25) is 5.02 Å². The summed E-state index contributed by atoms with van der Waals surface area (Å²) in [5.74, 6) is -0.133. The molecule has 2 aromatic carbocycles. The van der Waals surface area contributed by atoms with Crippen LogP contribution in [0.4, 0.5) is 5.69 Å². The zero-order chi connectivity index (χ0) is 18.2. The van der Waals surface area contributed by atoms with Crippen molar-refractivity contribution in [2.24, 2.45) is 0 Å². The third-order valence-corrected chi connectivity index (χ3v) is 3.46. The predicted octanol–water partition coefficient (Wildman–Crippen LogP) is 3.22. The molecule has 7 heteroatoms. The molecule has 6 nitrogen and oxygen atoms in total. The molecule has 1 N–H and O–H groups in total. The maximum Gasteiger partial charge on any atom is 0.344 e. The summed E-state index contributed by atoms with van der Waals surface area (Å²) in [6.07, 6.45) is 0. The van der Waals surface area contributed by atoms with Gasteiger partial charge in [-0.1, -0.05) is 23.7 Å². The van der Waals surface area contributed by atoms with Crippen LogP contribution in [0.3, 0.4) is 0 Å². The molecule has 0 radical (unpaired) electrons. The van der Waals surface area contributed by atoms with Gasteiger partial charge in [0.15, 0.2) is 13.2 Å². The molecule has 0 unspecified atom stereocenters. The SMILES string of the molecule is COc1cccc(NC(=O)COC(=O)COc2cc(C)ccc2Cl)c1. The van der Waals surface area contributed by atoms with Crippen LogP contribution in [-0.2, 0) is 14.3 Å². The Morgan fingerprint density at radius 1 is 1.12 bits per heavy atom. The molecule has 0 fully saturated rings. The van der Waals surface area contributed by atoms with Crippen LogP contribution in [0.25, 0.3) is 0 Å². The van der Waals surface area contributed by atoms with E-state index in [1.807, 2.05) is 13.0 Å². The third-order valence-electron chi connectivity index (χ3n) is 3.15. The molecule has 0 spiro atoms. The van der Waals surface area contributed by atoms with Crippen LogP contribution < -0.4 is 14.8 Å². The van der Waals surface area contributed by atoms with Crippen molar-refractivity contribution in [3.05, 3.63) is 53.1 Å². The molecule has 0 heterocycles. The van der Waals surface area contributed by atoms with E-state index >= 15 is 0 Å². The summed E-state index contributed by atoms with van der Waals surface area (Å²) in [4.78, 5) is 23.5. The quantitative estimate of drug-likeness (QED) is 0.764. The Labute approximate surface area is 150 Å². The molecule has 0 aromatic heterocycles. The monoisotopic (exact) mass is 363 g/mol. The third kappa shape index (κ3) is 6.00. The van der Waals surface area contributed by atoms with Crippen molar-refractivity contribution in [2.75, 3.05) is 25.6 Å². The van der Waals surface area contributed by atoms with Crippen molar-refractivity contribution in [3.8, 4) is 11.5 Å². The normalized spacial score (nSPS) is 10.0. The zero-order valence-electron chi connectivity index (χ0n) is 13.9. The van der Waals surface area contributed by atoms with Gasteiger partial charge >= 0.3 is 5.97 Å². The molecule has 0 aliphatic carbocycles. The molecule has 0 atom stereocenters. The van der Waals surface area contributed by atoms with Gasteiger partial charge in [0.25, 0.3) is 5.91 Å². The Morgan fingerprint density at radius 3 is 2.68 bits per heavy atom. The van der Waals surface area contributed by atoms with Gasteiger partial charge in [-0.05, 0) is 36.8 Å². The maximum atomic E-state index is 11.8. The van der Waals surface area contributed by atoms with E-state index in [2.05, 4.69) is 5.32 Å². The van der Waals surface area contributed by atoms with Crippen molar-refractivity contribution >= 4 is 29.2 Å². The summed E-state index contributed by atoms with van der Waals surface area (Å²) in [6, 6.07) is 12.1. The largest absolute Gasteiger partial charge is 0.497 e. The second-order valence-electron chi connectivity index (χ2n) is 5.16. The number of ether oxygens (including phenoxy) is 3. The summed E-state index contributed by atoms with van der Waals surface area (Å²) >= 11 is 5.97. The molecule has 1 amide bonds. The molecular weight excluding hydrogens is 346 g/mol. The number of hydrogen-bond donors (Lipinski definition) is 1. The van der Waals surface area contributed by atoms with Gasteiger partial charge in [0.2, 0.25) is 0 Å². The smallest absolute Gasteiger partial charge is 0.344 e. The number of anilines is 1. The number of rotatable bonds is 7. The number of halogens is 1. The second kappa shape index (κ2) is 8.94. The number of aryl methyl sites for hydroxylation is 1. The average molecular weight is 364 g/mol. The van der Waals surface area contributed by atoms with Crippen molar-refractivity contribution in [2.45, 2.75) is 6.92 Å². The summed E-state index contributed by atoms with van der Waals surface area (Å²) in [7, 11) is 1.53. The maximum absolute atomic E-state index is 11.8. The number of carbonyl (C=O) groups excluding carboxylic acids is 2. The highest BCUT2D eigenvalue weighted by atomic mass is 35.5. The Morgan fingerprint density at radius 2 is 1.92 bits per heavy atom. The minimum atomic E-state index is -0.668. The van der Waals surface area contributed by atoms with Gasteiger partial charge in [-0.15, -0.1) is 0 Å². The van der Waals surface area contributed by atoms with E-state index < -0.39 is 18.5 Å². The first-order valence-corrected chi connectivity index (χ1v) is 7.84. The van der Waals surface area contributed by atoms with E-state index in [4.69, 9.17) is 25.8 Å². The van der Waals surface area contributed by atoms with Crippen molar-refractivity contribution in [3.63, 3.8) is 0 Å². The fourth-order valence-electron chi connectivity index (χ4n) is 1.94. The zero-order valence-corrected chi connectivity index (χ0v) is 14.6. The first-order valence-electron chi connectivity index (χ1n) is 7.46. The minimum Gasteiger partial charge on any atom is -0.497 e. The summed E-state index contributed by atoms with van der Waals surface area (Å²) < 4.78 is 15.2. The number of benzene rings is 2. The molecule has 0 saturated carbocycles. The Balaban J connectivity index is 1.77. The van der Waals surface area contributed by atoms with E-state index in [9.17, 15) is 9.59 Å². The number of amides is 1. The number of methoxy groups -OCH3 is 1. The van der Waals surface area contributed by atoms with Crippen LogP contribution in [-0.4, -0.2) is 32.2 Å². The molecule has 2 rings (SSSR count). The Hall–Kier alpha value is -2.73. The lowest BCUT2D eigenvalue weighted by atomic mass is 10.2. The van der Waals surface area contributed by atoms with E-state index in [1.54, 1.807) is 36.4 Å².